The molecule has 0 bridgehead atoms. The van der Waals surface area contributed by atoms with Crippen LogP contribution in [0.1, 0.15) is 37.8 Å². The summed E-state index contributed by atoms with van der Waals surface area (Å²) in [5.74, 6) is -0.200. The number of aryl methyl sites for hydroxylation is 2. The summed E-state index contributed by atoms with van der Waals surface area (Å²) in [4.78, 5) is 9.46. The minimum atomic E-state index is -3.42. The summed E-state index contributed by atoms with van der Waals surface area (Å²) in [6, 6.07) is 24.1. The average molecular weight is 935 g/mol. The molecule has 18 heteroatoms. The third-order valence-electron chi connectivity index (χ3n) is 12.8. The molecule has 6 aromatic heterocycles. The lowest BCUT2D eigenvalue weighted by Gasteiger charge is -2.21. The Morgan fingerprint density at radius 1 is 0.606 bits per heavy atom. The lowest BCUT2D eigenvalue weighted by molar-refractivity contribution is 0.399. The van der Waals surface area contributed by atoms with Gasteiger partial charge >= 0.3 is 0 Å². The monoisotopic (exact) mass is 934 g/mol. The maximum absolute atomic E-state index is 13.4. The molecule has 0 amide bonds. The van der Waals surface area contributed by atoms with Crippen LogP contribution < -0.4 is 0 Å². The van der Waals surface area contributed by atoms with Crippen LogP contribution in [0.4, 0.5) is 8.78 Å². The van der Waals surface area contributed by atoms with Gasteiger partial charge in [0.2, 0.25) is 20.0 Å². The second kappa shape index (κ2) is 19.0. The number of pyridine rings is 2. The number of halogens is 2. The van der Waals surface area contributed by atoms with Crippen molar-refractivity contribution < 1.29 is 25.6 Å². The summed E-state index contributed by atoms with van der Waals surface area (Å²) in [6.45, 7) is 6.41. The first kappa shape index (κ1) is 45.1. The van der Waals surface area contributed by atoms with E-state index in [-0.39, 0.29) is 47.1 Å². The van der Waals surface area contributed by atoms with Crippen molar-refractivity contribution in [3.05, 3.63) is 145 Å². The van der Waals surface area contributed by atoms with Crippen molar-refractivity contribution in [1.29, 1.82) is 0 Å². The molecule has 2 fully saturated rings. The summed E-state index contributed by atoms with van der Waals surface area (Å²) in [5.41, 5.74) is 9.00. The number of H-pyrrole nitrogens is 2. The van der Waals surface area contributed by atoms with E-state index in [0.29, 0.717) is 31.5 Å². The summed E-state index contributed by atoms with van der Waals surface area (Å²) >= 11 is 0. The van der Waals surface area contributed by atoms with E-state index in [0.717, 1.165) is 76.1 Å². The second-order valence-electron chi connectivity index (χ2n) is 17.5. The molecule has 0 saturated carbocycles. The molecule has 0 spiro atoms. The van der Waals surface area contributed by atoms with Crippen molar-refractivity contribution >= 4 is 42.1 Å². The van der Waals surface area contributed by atoms with E-state index in [9.17, 15) is 25.6 Å². The Balaban J connectivity index is 0.000000166. The van der Waals surface area contributed by atoms with E-state index in [4.69, 9.17) is 9.97 Å². The first-order chi connectivity index (χ1) is 31.8. The number of benzene rings is 2. The van der Waals surface area contributed by atoms with E-state index in [2.05, 4.69) is 41.7 Å². The van der Waals surface area contributed by atoms with Crippen LogP contribution in [0.2, 0.25) is 0 Å². The van der Waals surface area contributed by atoms with Crippen LogP contribution in [0.25, 0.3) is 44.6 Å². The quantitative estimate of drug-likeness (QED) is 0.112. The van der Waals surface area contributed by atoms with Gasteiger partial charge in [-0.25, -0.2) is 35.6 Å². The molecule has 8 heterocycles. The topological polar surface area (TPSA) is 168 Å². The van der Waals surface area contributed by atoms with Gasteiger partial charge in [0.05, 0.1) is 57.4 Å². The number of hydrogen-bond acceptors (Lipinski definition) is 8. The minimum Gasteiger partial charge on any atom is -0.346 e. The Hall–Kier alpha value is -6.08. The number of rotatable bonds is 14. The molecule has 0 radical (unpaired) electrons. The maximum atomic E-state index is 13.4. The summed E-state index contributed by atoms with van der Waals surface area (Å²) in [7, 11) is -6.82. The number of nitrogens with one attached hydrogen (secondary N) is 2. The molecule has 66 heavy (non-hydrogen) atoms. The zero-order valence-electron chi connectivity index (χ0n) is 36.7. The molecule has 2 aliphatic heterocycles. The summed E-state index contributed by atoms with van der Waals surface area (Å²) in [6.07, 6.45) is 13.5. The van der Waals surface area contributed by atoms with Crippen molar-refractivity contribution in [2.45, 2.75) is 64.7 Å². The van der Waals surface area contributed by atoms with Crippen molar-refractivity contribution in [3.63, 3.8) is 0 Å². The predicted octanol–water partition coefficient (Wildman–Crippen LogP) is 7.70. The third kappa shape index (κ3) is 10.2. The second-order valence-corrected chi connectivity index (χ2v) is 21.6. The van der Waals surface area contributed by atoms with Crippen LogP contribution in [0.3, 0.4) is 0 Å². The molecule has 0 aliphatic carbocycles. The molecular weight excluding hydrogens is 883 g/mol. The molecule has 8 aromatic rings. The zero-order valence-corrected chi connectivity index (χ0v) is 38.3. The van der Waals surface area contributed by atoms with Crippen molar-refractivity contribution in [1.82, 2.24) is 48.1 Å². The molecule has 2 saturated heterocycles. The first-order valence-electron chi connectivity index (χ1n) is 22.2. The fourth-order valence-corrected chi connectivity index (χ4v) is 13.1. The van der Waals surface area contributed by atoms with E-state index in [1.165, 1.54) is 24.3 Å². The van der Waals surface area contributed by atoms with Crippen molar-refractivity contribution in [2.24, 2.45) is 11.8 Å². The van der Waals surface area contributed by atoms with Gasteiger partial charge in [-0.05, 0) is 123 Å². The molecular formula is C48H52F2N10O4S2. The van der Waals surface area contributed by atoms with Crippen molar-refractivity contribution in [2.75, 3.05) is 24.6 Å². The number of nitrogens with zero attached hydrogens (tertiary/aromatic N) is 8. The van der Waals surface area contributed by atoms with E-state index < -0.39 is 20.0 Å². The van der Waals surface area contributed by atoms with Crippen LogP contribution in [0.5, 0.6) is 0 Å². The highest BCUT2D eigenvalue weighted by Crippen LogP contribution is 2.31. The highest BCUT2D eigenvalue weighted by molar-refractivity contribution is 7.89. The standard InChI is InChI=1S/2C24H26FN5O2S/c1-17-12-19(16-30(17)33(31,32)11-9-18-2-4-21(25)5-3-18)15-29-10-8-23-24(29)7-6-22(28-23)20-13-26-27-14-20;1-17-11-19(16-30(17)33(31,32)10-8-18-3-2-4-21(25)12-18)15-29-9-7-23-24(29)6-5-22(28-23)20-13-26-27-14-20/h2-8,10,13-14,17,19H,9,11-12,15-16H2,1H3,(H,26,27);2-7,9,12-14,17,19H,8,10-11,15-16H2,1H3,(H,26,27)/t2*17-,19?/m00/s1. The molecule has 2 N–H and O–H groups in total. The average Bonchev–Trinajstić information content (AvgIpc) is 4.17. The van der Waals surface area contributed by atoms with Gasteiger partial charge in [0, 0.05) is 74.2 Å². The fourth-order valence-electron chi connectivity index (χ4n) is 9.46. The van der Waals surface area contributed by atoms with Gasteiger partial charge in [-0.2, -0.15) is 18.8 Å². The van der Waals surface area contributed by atoms with Gasteiger partial charge < -0.3 is 9.13 Å². The summed E-state index contributed by atoms with van der Waals surface area (Å²) in [5, 5.41) is 13.6. The third-order valence-corrected chi connectivity index (χ3v) is 16.7. The van der Waals surface area contributed by atoms with Gasteiger partial charge in [-0.1, -0.05) is 24.3 Å². The van der Waals surface area contributed by atoms with Crippen LogP contribution in [0, 0.1) is 23.5 Å². The highest BCUT2D eigenvalue weighted by Gasteiger charge is 2.38. The number of hydrogen-bond donors (Lipinski definition) is 2. The number of aromatic amines is 2. The Kier molecular flexibility index (Phi) is 13.0. The number of fused-ring (bicyclic) bond motifs is 2. The smallest absolute Gasteiger partial charge is 0.214 e. The Morgan fingerprint density at radius 3 is 1.58 bits per heavy atom. The predicted molar refractivity (Wildman–Crippen MR) is 251 cm³/mol. The Morgan fingerprint density at radius 2 is 1.11 bits per heavy atom. The minimum absolute atomic E-state index is 0.0132. The maximum Gasteiger partial charge on any atom is 0.214 e. The van der Waals surface area contributed by atoms with Crippen LogP contribution in [-0.2, 0) is 46.0 Å². The van der Waals surface area contributed by atoms with Crippen LogP contribution in [-0.4, -0.2) is 102 Å². The SMILES string of the molecule is C[C@H]1CC(Cn2ccc3nc(-c4cn[nH]c4)ccc32)CN1S(=O)(=O)CCc1ccc(F)cc1.C[C@H]1CC(Cn2ccc3nc(-c4cn[nH]c4)ccc32)CN1S(=O)(=O)CCc1cccc(F)c1. The van der Waals surface area contributed by atoms with E-state index in [1.807, 2.05) is 62.9 Å². The van der Waals surface area contributed by atoms with E-state index in [1.54, 1.807) is 45.3 Å². The molecule has 4 atom stereocenters. The highest BCUT2D eigenvalue weighted by atomic mass is 32.2. The molecule has 2 aliphatic rings. The molecule has 2 unspecified atom stereocenters. The van der Waals surface area contributed by atoms with Crippen LogP contribution in [0.15, 0.2) is 122 Å². The van der Waals surface area contributed by atoms with Gasteiger partial charge in [-0.3, -0.25) is 10.2 Å². The normalized spacial score (nSPS) is 19.5. The molecule has 10 rings (SSSR count). The molecule has 2 aromatic carbocycles. The summed E-state index contributed by atoms with van der Waals surface area (Å²) < 4.78 is 86.2. The zero-order chi connectivity index (χ0) is 46.0. The largest absolute Gasteiger partial charge is 0.346 e. The number of sulfonamides is 2. The van der Waals surface area contributed by atoms with Gasteiger partial charge in [-0.15, -0.1) is 0 Å². The Labute approximate surface area is 382 Å². The first-order valence-corrected chi connectivity index (χ1v) is 25.4. The Bertz CT molecular complexity index is 3140. The molecule has 14 nitrogen and oxygen atoms in total. The van der Waals surface area contributed by atoms with Crippen molar-refractivity contribution in [3.8, 4) is 22.5 Å². The van der Waals surface area contributed by atoms with Gasteiger partial charge in [0.1, 0.15) is 11.6 Å². The lowest BCUT2D eigenvalue weighted by Crippen LogP contribution is -2.36. The fraction of sp³-hybridized carbons (Fsp3) is 0.333. The van der Waals surface area contributed by atoms with Crippen LogP contribution >= 0.6 is 0 Å². The lowest BCUT2D eigenvalue weighted by atomic mass is 10.1. The van der Waals surface area contributed by atoms with E-state index >= 15 is 0 Å². The number of aromatic nitrogens is 8. The van der Waals surface area contributed by atoms with Gasteiger partial charge in [0.25, 0.3) is 0 Å². The van der Waals surface area contributed by atoms with Gasteiger partial charge in [0.15, 0.2) is 0 Å². The molecule has 344 valence electrons.